The second kappa shape index (κ2) is 9.93. The number of aryl methyl sites for hydroxylation is 1. The van der Waals surface area contributed by atoms with Gasteiger partial charge >= 0.3 is 0 Å². The molecular formula is C19H23BrIN5O. The second-order valence-electron chi connectivity index (χ2n) is 6.03. The summed E-state index contributed by atoms with van der Waals surface area (Å²) in [7, 11) is 5.82. The van der Waals surface area contributed by atoms with Gasteiger partial charge in [0.2, 0.25) is 5.89 Å². The Labute approximate surface area is 184 Å². The van der Waals surface area contributed by atoms with Crippen LogP contribution in [0.2, 0.25) is 0 Å². The van der Waals surface area contributed by atoms with E-state index in [2.05, 4.69) is 46.8 Å². The molecule has 0 atom stereocenters. The summed E-state index contributed by atoms with van der Waals surface area (Å²) in [6.45, 7) is 1.29. The lowest BCUT2D eigenvalue weighted by Crippen LogP contribution is -2.38. The van der Waals surface area contributed by atoms with Crippen LogP contribution in [0.4, 0.5) is 0 Å². The first-order valence-corrected chi connectivity index (χ1v) is 9.08. The van der Waals surface area contributed by atoms with Crippen molar-refractivity contribution in [3.8, 4) is 11.5 Å². The molecule has 3 rings (SSSR count). The molecule has 0 amide bonds. The molecule has 144 valence electrons. The van der Waals surface area contributed by atoms with E-state index in [1.165, 1.54) is 5.69 Å². The van der Waals surface area contributed by atoms with Crippen LogP contribution in [0, 0.1) is 0 Å². The van der Waals surface area contributed by atoms with Gasteiger partial charge in [-0.05, 0) is 34.1 Å². The Balaban J connectivity index is 0.00000261. The van der Waals surface area contributed by atoms with Crippen LogP contribution in [0.1, 0.15) is 11.4 Å². The fourth-order valence-electron chi connectivity index (χ4n) is 2.70. The Morgan fingerprint density at radius 2 is 2.07 bits per heavy atom. The number of rotatable bonds is 5. The summed E-state index contributed by atoms with van der Waals surface area (Å²) >= 11 is 3.51. The molecule has 0 saturated carbocycles. The van der Waals surface area contributed by atoms with Crippen molar-refractivity contribution in [2.24, 2.45) is 12.0 Å². The molecule has 6 nitrogen and oxygen atoms in total. The number of hydrogen-bond acceptors (Lipinski definition) is 3. The number of oxazole rings is 1. The molecule has 3 aromatic rings. The van der Waals surface area contributed by atoms with Gasteiger partial charge in [-0.15, -0.1) is 24.0 Å². The van der Waals surface area contributed by atoms with Crippen LogP contribution >= 0.6 is 39.9 Å². The molecule has 0 aliphatic carbocycles. The van der Waals surface area contributed by atoms with Gasteiger partial charge in [-0.3, -0.25) is 4.99 Å². The van der Waals surface area contributed by atoms with Gasteiger partial charge in [-0.2, -0.15) is 0 Å². The van der Waals surface area contributed by atoms with Gasteiger partial charge in [0.15, 0.2) is 5.96 Å². The van der Waals surface area contributed by atoms with E-state index in [4.69, 9.17) is 4.42 Å². The molecule has 0 spiro atoms. The second-order valence-corrected chi connectivity index (χ2v) is 6.94. The smallest absolute Gasteiger partial charge is 0.226 e. The topological polar surface area (TPSA) is 58.6 Å². The zero-order valence-electron chi connectivity index (χ0n) is 15.5. The van der Waals surface area contributed by atoms with Crippen molar-refractivity contribution in [1.82, 2.24) is 19.8 Å². The third-order valence-corrected chi connectivity index (χ3v) is 4.48. The normalized spacial score (nSPS) is 11.2. The molecule has 27 heavy (non-hydrogen) atoms. The van der Waals surface area contributed by atoms with E-state index in [0.717, 1.165) is 28.2 Å². The van der Waals surface area contributed by atoms with E-state index >= 15 is 0 Å². The maximum absolute atomic E-state index is 5.58. The van der Waals surface area contributed by atoms with Crippen LogP contribution in [0.3, 0.4) is 0 Å². The molecule has 0 radical (unpaired) electrons. The lowest BCUT2D eigenvalue weighted by atomic mass is 10.2. The predicted octanol–water partition coefficient (Wildman–Crippen LogP) is 4.27. The van der Waals surface area contributed by atoms with E-state index in [9.17, 15) is 0 Å². The lowest BCUT2D eigenvalue weighted by molar-refractivity contribution is 0.461. The van der Waals surface area contributed by atoms with Gasteiger partial charge in [-0.1, -0.05) is 18.2 Å². The fourth-order valence-corrected chi connectivity index (χ4v) is 3.27. The molecule has 1 aromatic carbocycles. The molecule has 0 saturated heterocycles. The molecule has 2 heterocycles. The van der Waals surface area contributed by atoms with Gasteiger partial charge in [-0.25, -0.2) is 4.98 Å². The maximum atomic E-state index is 5.58. The standard InChI is InChI=1S/C19H22BrN5O.HI/c1-21-19(25(3)12-17-9-15(20)11-24(17)2)22-10-16-13-26-18(23-16)14-7-5-4-6-8-14;/h4-9,11,13H,10,12H2,1-3H3,(H,21,22);1H. The van der Waals surface area contributed by atoms with Crippen LogP contribution in [0.5, 0.6) is 0 Å². The highest BCUT2D eigenvalue weighted by Crippen LogP contribution is 2.18. The zero-order valence-corrected chi connectivity index (χ0v) is 19.4. The summed E-state index contributed by atoms with van der Waals surface area (Å²) in [6, 6.07) is 12.0. The Hall–Kier alpha value is -1.81. The molecule has 1 N–H and O–H groups in total. The monoisotopic (exact) mass is 543 g/mol. The van der Waals surface area contributed by atoms with Crippen LogP contribution < -0.4 is 5.32 Å². The summed E-state index contributed by atoms with van der Waals surface area (Å²) in [5.41, 5.74) is 2.99. The minimum absolute atomic E-state index is 0. The number of nitrogens with zero attached hydrogens (tertiary/aromatic N) is 4. The maximum Gasteiger partial charge on any atom is 0.226 e. The summed E-state index contributed by atoms with van der Waals surface area (Å²) in [4.78, 5) is 11.0. The predicted molar refractivity (Wildman–Crippen MR) is 122 cm³/mol. The number of aromatic nitrogens is 2. The Kier molecular flexibility index (Phi) is 7.91. The summed E-state index contributed by atoms with van der Waals surface area (Å²) < 4.78 is 8.74. The quantitative estimate of drug-likeness (QED) is 0.297. The van der Waals surface area contributed by atoms with Crippen molar-refractivity contribution in [2.75, 3.05) is 14.1 Å². The zero-order chi connectivity index (χ0) is 18.5. The number of guanidine groups is 1. The Bertz CT molecular complexity index is 891. The van der Waals surface area contributed by atoms with Gasteiger partial charge in [0.1, 0.15) is 6.26 Å². The first-order valence-electron chi connectivity index (χ1n) is 8.29. The van der Waals surface area contributed by atoms with Crippen molar-refractivity contribution >= 4 is 45.9 Å². The van der Waals surface area contributed by atoms with Crippen molar-refractivity contribution in [3.63, 3.8) is 0 Å². The molecule has 0 aliphatic heterocycles. The molecule has 0 bridgehead atoms. The third-order valence-electron chi connectivity index (χ3n) is 4.05. The van der Waals surface area contributed by atoms with Crippen molar-refractivity contribution < 1.29 is 4.42 Å². The first-order chi connectivity index (χ1) is 12.6. The van der Waals surface area contributed by atoms with E-state index in [-0.39, 0.29) is 24.0 Å². The van der Waals surface area contributed by atoms with Crippen molar-refractivity contribution in [3.05, 3.63) is 64.7 Å². The lowest BCUT2D eigenvalue weighted by Gasteiger charge is -2.22. The minimum atomic E-state index is 0. The summed E-state index contributed by atoms with van der Waals surface area (Å²) in [6.07, 6.45) is 3.72. The van der Waals surface area contributed by atoms with Crippen LogP contribution in [-0.4, -0.2) is 34.5 Å². The van der Waals surface area contributed by atoms with E-state index in [1.54, 1.807) is 13.3 Å². The Morgan fingerprint density at radius 3 is 2.70 bits per heavy atom. The van der Waals surface area contributed by atoms with Crippen LogP contribution in [0.25, 0.3) is 11.5 Å². The average Bonchev–Trinajstić information content (AvgIpc) is 3.23. The first kappa shape index (κ1) is 21.5. The van der Waals surface area contributed by atoms with Gasteiger partial charge in [0.25, 0.3) is 0 Å². The highest BCUT2D eigenvalue weighted by atomic mass is 127. The van der Waals surface area contributed by atoms with Crippen molar-refractivity contribution in [1.29, 1.82) is 0 Å². The van der Waals surface area contributed by atoms with Gasteiger partial charge < -0.3 is 19.2 Å². The number of benzene rings is 1. The number of halogens is 2. The molecule has 2 aromatic heterocycles. The highest BCUT2D eigenvalue weighted by Gasteiger charge is 2.11. The minimum Gasteiger partial charge on any atom is -0.444 e. The van der Waals surface area contributed by atoms with E-state index in [1.807, 2.05) is 50.6 Å². The highest BCUT2D eigenvalue weighted by molar-refractivity contribution is 14.0. The van der Waals surface area contributed by atoms with Gasteiger partial charge in [0, 0.05) is 43.1 Å². The van der Waals surface area contributed by atoms with E-state index < -0.39 is 0 Å². The number of hydrogen-bond donors (Lipinski definition) is 1. The molecule has 8 heteroatoms. The fraction of sp³-hybridized carbons (Fsp3) is 0.263. The SMILES string of the molecule is CN=C(NCc1coc(-c2ccccc2)n1)N(C)Cc1cc(Br)cn1C.I. The number of aliphatic imine (C=N–C) groups is 1. The molecule has 0 unspecified atom stereocenters. The van der Waals surface area contributed by atoms with Crippen LogP contribution in [0.15, 0.2) is 62.7 Å². The number of nitrogens with one attached hydrogen (secondary N) is 1. The van der Waals surface area contributed by atoms with Crippen LogP contribution in [-0.2, 0) is 20.1 Å². The molecular weight excluding hydrogens is 521 g/mol. The Morgan fingerprint density at radius 1 is 1.33 bits per heavy atom. The largest absolute Gasteiger partial charge is 0.444 e. The third kappa shape index (κ3) is 5.58. The summed E-state index contributed by atoms with van der Waals surface area (Å²) in [5, 5.41) is 3.33. The van der Waals surface area contributed by atoms with Gasteiger partial charge in [0.05, 0.1) is 18.8 Å². The van der Waals surface area contributed by atoms with E-state index in [0.29, 0.717) is 12.4 Å². The summed E-state index contributed by atoms with van der Waals surface area (Å²) in [5.74, 6) is 1.42. The average molecular weight is 544 g/mol. The van der Waals surface area contributed by atoms with Crippen molar-refractivity contribution in [2.45, 2.75) is 13.1 Å². The molecule has 0 aliphatic rings. The molecule has 0 fully saturated rings.